The Morgan fingerprint density at radius 2 is 1.73 bits per heavy atom. The van der Waals surface area contributed by atoms with Crippen LogP contribution in [0.1, 0.15) is 71.1 Å². The standard InChI is InChI=1S/C17H29NO4/c1-2-15(22-13-9-5-6-10-13)17(21)18-14(11-16(19)20)12-7-3-4-8-12/h12-15H,2-11H2,1H3,(H,18,21)(H,19,20). The normalized spacial score (nSPS) is 22.6. The van der Waals surface area contributed by atoms with Crippen LogP contribution in [0.5, 0.6) is 0 Å². The Kier molecular flexibility index (Phi) is 6.68. The van der Waals surface area contributed by atoms with Crippen molar-refractivity contribution < 1.29 is 19.4 Å². The van der Waals surface area contributed by atoms with Crippen molar-refractivity contribution in [2.24, 2.45) is 5.92 Å². The summed E-state index contributed by atoms with van der Waals surface area (Å²) >= 11 is 0. The van der Waals surface area contributed by atoms with Gasteiger partial charge in [-0.1, -0.05) is 32.6 Å². The average Bonchev–Trinajstić information content (AvgIpc) is 3.16. The molecule has 2 aliphatic rings. The van der Waals surface area contributed by atoms with E-state index in [2.05, 4.69) is 5.32 Å². The zero-order valence-corrected chi connectivity index (χ0v) is 13.6. The number of carbonyl (C=O) groups excluding carboxylic acids is 1. The van der Waals surface area contributed by atoms with Crippen molar-refractivity contribution in [3.63, 3.8) is 0 Å². The van der Waals surface area contributed by atoms with Gasteiger partial charge in [-0.25, -0.2) is 0 Å². The van der Waals surface area contributed by atoms with Crippen LogP contribution in [-0.2, 0) is 14.3 Å². The first-order valence-corrected chi connectivity index (χ1v) is 8.77. The molecule has 0 aromatic heterocycles. The summed E-state index contributed by atoms with van der Waals surface area (Å²) in [5.74, 6) is -0.682. The predicted molar refractivity (Wildman–Crippen MR) is 83.6 cm³/mol. The van der Waals surface area contributed by atoms with Crippen molar-refractivity contribution in [1.82, 2.24) is 5.32 Å². The summed E-state index contributed by atoms with van der Waals surface area (Å²) in [4.78, 5) is 23.6. The first kappa shape index (κ1) is 17.3. The first-order chi connectivity index (χ1) is 10.6. The lowest BCUT2D eigenvalue weighted by Crippen LogP contribution is -2.46. The maximum atomic E-state index is 12.5. The van der Waals surface area contributed by atoms with Crippen LogP contribution in [0.3, 0.4) is 0 Å². The molecule has 22 heavy (non-hydrogen) atoms. The number of carbonyl (C=O) groups is 2. The van der Waals surface area contributed by atoms with Crippen molar-refractivity contribution in [1.29, 1.82) is 0 Å². The Labute approximate surface area is 132 Å². The molecule has 2 saturated carbocycles. The largest absolute Gasteiger partial charge is 0.481 e. The fourth-order valence-corrected chi connectivity index (χ4v) is 3.76. The molecule has 0 aromatic carbocycles. The highest BCUT2D eigenvalue weighted by Gasteiger charge is 2.31. The van der Waals surface area contributed by atoms with Gasteiger partial charge in [0.25, 0.3) is 0 Å². The van der Waals surface area contributed by atoms with E-state index in [0.29, 0.717) is 12.3 Å². The molecule has 5 heteroatoms. The van der Waals surface area contributed by atoms with E-state index in [1.165, 1.54) is 12.8 Å². The lowest BCUT2D eigenvalue weighted by Gasteiger charge is -2.27. The van der Waals surface area contributed by atoms with Crippen molar-refractivity contribution in [2.45, 2.75) is 89.4 Å². The minimum absolute atomic E-state index is 0.0102. The Hall–Kier alpha value is -1.10. The fourth-order valence-electron chi connectivity index (χ4n) is 3.76. The van der Waals surface area contributed by atoms with Gasteiger partial charge in [0.05, 0.1) is 12.5 Å². The molecule has 5 nitrogen and oxygen atoms in total. The summed E-state index contributed by atoms with van der Waals surface area (Å²) in [6.45, 7) is 1.95. The molecular weight excluding hydrogens is 282 g/mol. The molecular formula is C17H29NO4. The highest BCUT2D eigenvalue weighted by atomic mass is 16.5. The topological polar surface area (TPSA) is 75.6 Å². The summed E-state index contributed by atoms with van der Waals surface area (Å²) in [6, 6.07) is -0.256. The number of hydrogen-bond donors (Lipinski definition) is 2. The average molecular weight is 311 g/mol. The number of nitrogens with one attached hydrogen (secondary N) is 1. The minimum atomic E-state index is -0.845. The molecule has 2 unspecified atom stereocenters. The number of carboxylic acids is 1. The molecule has 1 amide bonds. The molecule has 2 rings (SSSR count). The summed E-state index contributed by atoms with van der Waals surface area (Å²) in [5.41, 5.74) is 0. The van der Waals surface area contributed by atoms with E-state index in [1.54, 1.807) is 0 Å². The summed E-state index contributed by atoms with van der Waals surface area (Å²) < 4.78 is 5.93. The third-order valence-electron chi connectivity index (χ3n) is 5.01. The van der Waals surface area contributed by atoms with Crippen molar-refractivity contribution in [3.8, 4) is 0 Å². The van der Waals surface area contributed by atoms with Crippen LogP contribution in [0.25, 0.3) is 0 Å². The van der Waals surface area contributed by atoms with Gasteiger partial charge in [0.15, 0.2) is 0 Å². The SMILES string of the molecule is CCC(OC1CCCC1)C(=O)NC(CC(=O)O)C1CCCC1. The maximum absolute atomic E-state index is 12.5. The molecule has 0 aliphatic heterocycles. The molecule has 0 radical (unpaired) electrons. The second-order valence-electron chi connectivity index (χ2n) is 6.70. The van der Waals surface area contributed by atoms with E-state index in [4.69, 9.17) is 9.84 Å². The smallest absolute Gasteiger partial charge is 0.305 e. The summed E-state index contributed by atoms with van der Waals surface area (Å²) in [5, 5.41) is 12.1. The number of hydrogen-bond acceptors (Lipinski definition) is 3. The molecule has 2 fully saturated rings. The number of rotatable bonds is 8. The predicted octanol–water partition coefficient (Wildman–Crippen LogP) is 2.87. The molecule has 2 aliphatic carbocycles. The first-order valence-electron chi connectivity index (χ1n) is 8.77. The Morgan fingerprint density at radius 3 is 2.27 bits per heavy atom. The second-order valence-corrected chi connectivity index (χ2v) is 6.70. The number of ether oxygens (including phenoxy) is 1. The van der Waals surface area contributed by atoms with Crippen LogP contribution in [-0.4, -0.2) is 35.2 Å². The van der Waals surface area contributed by atoms with Crippen molar-refractivity contribution in [3.05, 3.63) is 0 Å². The number of amides is 1. The molecule has 0 spiro atoms. The van der Waals surface area contributed by atoms with E-state index in [0.717, 1.165) is 38.5 Å². The zero-order chi connectivity index (χ0) is 15.9. The van der Waals surface area contributed by atoms with Gasteiger partial charge in [0.1, 0.15) is 6.10 Å². The Balaban J connectivity index is 1.90. The van der Waals surface area contributed by atoms with E-state index < -0.39 is 12.1 Å². The Bertz CT molecular complexity index is 373. The fraction of sp³-hybridized carbons (Fsp3) is 0.882. The third-order valence-corrected chi connectivity index (χ3v) is 5.01. The lowest BCUT2D eigenvalue weighted by atomic mass is 9.95. The highest BCUT2D eigenvalue weighted by molar-refractivity contribution is 5.81. The van der Waals surface area contributed by atoms with Crippen molar-refractivity contribution in [2.75, 3.05) is 0 Å². The second kappa shape index (κ2) is 8.51. The van der Waals surface area contributed by atoms with Gasteiger partial charge < -0.3 is 15.2 Å². The van der Waals surface area contributed by atoms with Crippen LogP contribution in [0.2, 0.25) is 0 Å². The van der Waals surface area contributed by atoms with E-state index in [1.807, 2.05) is 6.92 Å². The minimum Gasteiger partial charge on any atom is -0.481 e. The quantitative estimate of drug-likeness (QED) is 0.723. The van der Waals surface area contributed by atoms with Crippen LogP contribution < -0.4 is 5.32 Å². The number of aliphatic carboxylic acids is 1. The maximum Gasteiger partial charge on any atom is 0.305 e. The monoisotopic (exact) mass is 311 g/mol. The molecule has 126 valence electrons. The van der Waals surface area contributed by atoms with Crippen LogP contribution in [0.4, 0.5) is 0 Å². The van der Waals surface area contributed by atoms with Gasteiger partial charge >= 0.3 is 5.97 Å². The molecule has 0 bridgehead atoms. The molecule has 0 aromatic rings. The Morgan fingerprint density at radius 1 is 1.14 bits per heavy atom. The number of carboxylic acid groups (broad SMARTS) is 1. The van der Waals surface area contributed by atoms with Crippen LogP contribution in [0, 0.1) is 5.92 Å². The van der Waals surface area contributed by atoms with Gasteiger partial charge in [-0.15, -0.1) is 0 Å². The summed E-state index contributed by atoms with van der Waals surface area (Å²) in [7, 11) is 0. The van der Waals surface area contributed by atoms with Gasteiger partial charge in [0, 0.05) is 6.04 Å². The van der Waals surface area contributed by atoms with Gasteiger partial charge in [0.2, 0.25) is 5.91 Å². The van der Waals surface area contributed by atoms with Gasteiger partial charge in [-0.3, -0.25) is 9.59 Å². The van der Waals surface area contributed by atoms with E-state index in [-0.39, 0.29) is 24.5 Å². The van der Waals surface area contributed by atoms with Gasteiger partial charge in [-0.2, -0.15) is 0 Å². The van der Waals surface area contributed by atoms with E-state index in [9.17, 15) is 9.59 Å². The summed E-state index contributed by atoms with van der Waals surface area (Å²) in [6.07, 6.45) is 9.09. The lowest BCUT2D eigenvalue weighted by molar-refractivity contribution is -0.140. The van der Waals surface area contributed by atoms with Gasteiger partial charge in [-0.05, 0) is 38.0 Å². The van der Waals surface area contributed by atoms with Crippen LogP contribution in [0.15, 0.2) is 0 Å². The van der Waals surface area contributed by atoms with E-state index >= 15 is 0 Å². The molecule has 2 N–H and O–H groups in total. The third kappa shape index (κ3) is 4.97. The molecule has 2 atom stereocenters. The van der Waals surface area contributed by atoms with Crippen molar-refractivity contribution >= 4 is 11.9 Å². The highest BCUT2D eigenvalue weighted by Crippen LogP contribution is 2.29. The van der Waals surface area contributed by atoms with Crippen LogP contribution >= 0.6 is 0 Å². The molecule has 0 saturated heterocycles. The zero-order valence-electron chi connectivity index (χ0n) is 13.6. The molecule has 0 heterocycles.